The van der Waals surface area contributed by atoms with Crippen LogP contribution in [0.25, 0.3) is 16.6 Å². The van der Waals surface area contributed by atoms with E-state index in [1.54, 1.807) is 52.0 Å². The van der Waals surface area contributed by atoms with Gasteiger partial charge in [-0.05, 0) is 58.0 Å². The van der Waals surface area contributed by atoms with Gasteiger partial charge in [0.2, 0.25) is 0 Å². The zero-order chi connectivity index (χ0) is 20.6. The number of hydrogen-bond acceptors (Lipinski definition) is 3. The first-order valence-corrected chi connectivity index (χ1v) is 8.91. The molecule has 0 radical (unpaired) electrons. The Morgan fingerprint density at radius 2 is 1.82 bits per heavy atom. The van der Waals surface area contributed by atoms with Crippen LogP contribution in [0.2, 0.25) is 0 Å². The van der Waals surface area contributed by atoms with Crippen molar-refractivity contribution >= 4 is 17.0 Å². The second kappa shape index (κ2) is 7.07. The normalized spacial score (nSPS) is 12.8. The minimum atomic E-state index is -1.12. The molecule has 0 saturated carbocycles. The lowest BCUT2D eigenvalue weighted by molar-refractivity contribution is 0.0719. The third-order valence-electron chi connectivity index (χ3n) is 4.56. The molecule has 0 unspecified atom stereocenters. The molecule has 3 aromatic rings. The number of amides is 1. The van der Waals surface area contributed by atoms with Crippen LogP contribution >= 0.6 is 0 Å². The summed E-state index contributed by atoms with van der Waals surface area (Å²) in [6.07, 6.45) is -1.12. The number of carboxylic acid groups (broad SMARTS) is 1. The van der Waals surface area contributed by atoms with Crippen molar-refractivity contribution in [3.05, 3.63) is 70.5 Å². The zero-order valence-electron chi connectivity index (χ0n) is 16.2. The van der Waals surface area contributed by atoms with Gasteiger partial charge in [-0.3, -0.25) is 14.3 Å². The summed E-state index contributed by atoms with van der Waals surface area (Å²) in [6, 6.07) is 11.9. The molecule has 146 valence electrons. The largest absolute Gasteiger partial charge is 0.465 e. The predicted octanol–water partition coefficient (Wildman–Crippen LogP) is 4.36. The van der Waals surface area contributed by atoms with Gasteiger partial charge in [0.15, 0.2) is 0 Å². The maximum absolute atomic E-state index is 13.7. The van der Waals surface area contributed by atoms with Gasteiger partial charge in [-0.1, -0.05) is 18.2 Å². The molecule has 2 aromatic carbocycles. The van der Waals surface area contributed by atoms with Crippen molar-refractivity contribution in [3.8, 4) is 5.69 Å². The van der Waals surface area contributed by atoms with Crippen LogP contribution in [0.3, 0.4) is 0 Å². The molecule has 1 N–H and O–H groups in total. The molecule has 1 atom stereocenters. The van der Waals surface area contributed by atoms with Gasteiger partial charge in [0.05, 0.1) is 22.6 Å². The molecule has 6 nitrogen and oxygen atoms in total. The highest BCUT2D eigenvalue weighted by molar-refractivity contribution is 5.78. The van der Waals surface area contributed by atoms with Gasteiger partial charge in [0.1, 0.15) is 11.6 Å². The SMILES string of the molecule is C[C@@H](c1nc2ccc(F)cc2c(=O)n1-c1ccccc1)N(C(=O)O)C(C)(C)C. The highest BCUT2D eigenvalue weighted by Crippen LogP contribution is 2.29. The van der Waals surface area contributed by atoms with E-state index >= 15 is 0 Å². The average Bonchev–Trinajstić information content (AvgIpc) is 2.61. The summed E-state index contributed by atoms with van der Waals surface area (Å²) in [4.78, 5) is 31.0. The van der Waals surface area contributed by atoms with Crippen LogP contribution in [-0.4, -0.2) is 31.2 Å². The molecule has 0 aliphatic rings. The molecular weight excluding hydrogens is 361 g/mol. The fraction of sp³-hybridized carbons (Fsp3) is 0.286. The standard InChI is InChI=1S/C21H22FN3O3/c1-13(25(20(27)28)21(2,3)4)18-23-17-11-10-14(22)12-16(17)19(26)24(18)15-8-6-5-7-9-15/h5-13H,1-4H3,(H,27,28)/t13-/m0/s1. The Balaban J connectivity index is 2.36. The molecule has 0 fully saturated rings. The highest BCUT2D eigenvalue weighted by Gasteiger charge is 2.34. The number of carbonyl (C=O) groups is 1. The number of para-hydroxylation sites is 1. The predicted molar refractivity (Wildman–Crippen MR) is 105 cm³/mol. The van der Waals surface area contributed by atoms with Gasteiger partial charge < -0.3 is 5.11 Å². The molecule has 0 bridgehead atoms. The lowest BCUT2D eigenvalue weighted by Crippen LogP contribution is -2.47. The monoisotopic (exact) mass is 383 g/mol. The molecular formula is C21H22FN3O3. The van der Waals surface area contributed by atoms with Crippen molar-refractivity contribution in [2.75, 3.05) is 0 Å². The molecule has 3 rings (SSSR count). The first-order chi connectivity index (χ1) is 13.1. The maximum Gasteiger partial charge on any atom is 0.408 e. The van der Waals surface area contributed by atoms with Crippen molar-refractivity contribution in [3.63, 3.8) is 0 Å². The number of benzene rings is 2. The third-order valence-corrected chi connectivity index (χ3v) is 4.56. The Morgan fingerprint density at radius 1 is 1.18 bits per heavy atom. The van der Waals surface area contributed by atoms with Gasteiger partial charge in [-0.2, -0.15) is 0 Å². The van der Waals surface area contributed by atoms with Crippen molar-refractivity contribution in [2.24, 2.45) is 0 Å². The number of rotatable bonds is 3. The van der Waals surface area contributed by atoms with Crippen LogP contribution < -0.4 is 5.56 Å². The van der Waals surface area contributed by atoms with Crippen LogP contribution in [0.15, 0.2) is 53.3 Å². The van der Waals surface area contributed by atoms with E-state index in [4.69, 9.17) is 0 Å². The molecule has 0 saturated heterocycles. The number of nitrogens with zero attached hydrogens (tertiary/aromatic N) is 3. The first kappa shape index (κ1) is 19.5. The first-order valence-electron chi connectivity index (χ1n) is 8.91. The van der Waals surface area contributed by atoms with Crippen molar-refractivity contribution in [2.45, 2.75) is 39.3 Å². The Hall–Kier alpha value is -3.22. The Labute approximate surface area is 161 Å². The molecule has 0 aliphatic heterocycles. The number of aromatic nitrogens is 2. The van der Waals surface area contributed by atoms with E-state index < -0.39 is 29.1 Å². The minimum Gasteiger partial charge on any atom is -0.465 e. The summed E-state index contributed by atoms with van der Waals surface area (Å²) >= 11 is 0. The van der Waals surface area contributed by atoms with Crippen molar-refractivity contribution in [1.29, 1.82) is 0 Å². The lowest BCUT2D eigenvalue weighted by atomic mass is 10.0. The molecule has 1 amide bonds. The summed E-state index contributed by atoms with van der Waals surface area (Å²) in [7, 11) is 0. The van der Waals surface area contributed by atoms with Gasteiger partial charge in [0, 0.05) is 5.54 Å². The molecule has 0 aliphatic carbocycles. The maximum atomic E-state index is 13.7. The van der Waals surface area contributed by atoms with Crippen molar-refractivity contribution < 1.29 is 14.3 Å². The molecule has 0 spiro atoms. The smallest absolute Gasteiger partial charge is 0.408 e. The van der Waals surface area contributed by atoms with E-state index in [1.165, 1.54) is 21.6 Å². The van der Waals surface area contributed by atoms with Crippen LogP contribution in [-0.2, 0) is 0 Å². The van der Waals surface area contributed by atoms with E-state index in [-0.39, 0.29) is 11.2 Å². The summed E-state index contributed by atoms with van der Waals surface area (Å²) < 4.78 is 15.1. The summed E-state index contributed by atoms with van der Waals surface area (Å²) in [5.41, 5.74) is -0.314. The highest BCUT2D eigenvalue weighted by atomic mass is 19.1. The molecule has 1 heterocycles. The summed E-state index contributed by atoms with van der Waals surface area (Å²) in [6.45, 7) is 7.02. The lowest BCUT2D eigenvalue weighted by Gasteiger charge is -2.38. The zero-order valence-corrected chi connectivity index (χ0v) is 16.2. The summed E-state index contributed by atoms with van der Waals surface area (Å²) in [5.74, 6) is -0.263. The average molecular weight is 383 g/mol. The Morgan fingerprint density at radius 3 is 2.39 bits per heavy atom. The second-order valence-corrected chi connectivity index (χ2v) is 7.61. The van der Waals surface area contributed by atoms with Gasteiger partial charge in [-0.25, -0.2) is 14.2 Å². The van der Waals surface area contributed by atoms with Gasteiger partial charge in [0.25, 0.3) is 5.56 Å². The Kier molecular flexibility index (Phi) is 4.93. The quantitative estimate of drug-likeness (QED) is 0.729. The topological polar surface area (TPSA) is 75.4 Å². The van der Waals surface area contributed by atoms with E-state index in [1.807, 2.05) is 6.07 Å². The number of hydrogen-bond donors (Lipinski definition) is 1. The number of fused-ring (bicyclic) bond motifs is 1. The fourth-order valence-corrected chi connectivity index (χ4v) is 3.43. The van der Waals surface area contributed by atoms with Crippen LogP contribution in [0.5, 0.6) is 0 Å². The third kappa shape index (κ3) is 3.47. The minimum absolute atomic E-state index is 0.137. The van der Waals surface area contributed by atoms with E-state index in [0.717, 1.165) is 6.07 Å². The summed E-state index contributed by atoms with van der Waals surface area (Å²) in [5, 5.41) is 9.92. The molecule has 28 heavy (non-hydrogen) atoms. The van der Waals surface area contributed by atoms with Gasteiger partial charge in [-0.15, -0.1) is 0 Å². The van der Waals surface area contributed by atoms with E-state index in [0.29, 0.717) is 11.2 Å². The van der Waals surface area contributed by atoms with Gasteiger partial charge >= 0.3 is 6.09 Å². The number of halogens is 1. The second-order valence-electron chi connectivity index (χ2n) is 7.61. The van der Waals surface area contributed by atoms with Crippen LogP contribution in [0, 0.1) is 5.82 Å². The van der Waals surface area contributed by atoms with Crippen LogP contribution in [0.1, 0.15) is 39.6 Å². The Bertz CT molecular complexity index is 1090. The molecule has 1 aromatic heterocycles. The van der Waals surface area contributed by atoms with Crippen molar-refractivity contribution in [1.82, 2.24) is 14.5 Å². The van der Waals surface area contributed by atoms with E-state index in [9.17, 15) is 19.1 Å². The molecule has 7 heteroatoms. The van der Waals surface area contributed by atoms with Crippen LogP contribution in [0.4, 0.5) is 9.18 Å². The van der Waals surface area contributed by atoms with E-state index in [2.05, 4.69) is 4.98 Å². The fourth-order valence-electron chi connectivity index (χ4n) is 3.43.